The number of urea groups is 1. The van der Waals surface area contributed by atoms with E-state index in [4.69, 9.17) is 14.6 Å². The lowest BCUT2D eigenvalue weighted by molar-refractivity contribution is 0.00816. The summed E-state index contributed by atoms with van der Waals surface area (Å²) in [5, 5.41) is 20.3. The van der Waals surface area contributed by atoms with Crippen LogP contribution >= 0.6 is 0 Å². The summed E-state index contributed by atoms with van der Waals surface area (Å²) in [6.07, 6.45) is 3.31. The van der Waals surface area contributed by atoms with Gasteiger partial charge in [-0.3, -0.25) is 10.2 Å². The number of carbonyl (C=O) groups is 2. The van der Waals surface area contributed by atoms with E-state index in [2.05, 4.69) is 53.7 Å². The number of pyridine rings is 1. The summed E-state index contributed by atoms with van der Waals surface area (Å²) in [4.78, 5) is 28.8. The lowest BCUT2D eigenvalue weighted by Gasteiger charge is -2.36. The van der Waals surface area contributed by atoms with Crippen molar-refractivity contribution in [2.24, 2.45) is 0 Å². The number of amides is 3. The quantitative estimate of drug-likeness (QED) is 0.180. The maximum Gasteiger partial charge on any atom is 0.410 e. The number of nitrogens with one attached hydrogen (secondary N) is 2. The molecule has 4 heterocycles. The van der Waals surface area contributed by atoms with Gasteiger partial charge < -0.3 is 14.8 Å². The van der Waals surface area contributed by atoms with Gasteiger partial charge in [0.15, 0.2) is 11.5 Å². The Labute approximate surface area is 310 Å². The number of aromatic nitrogens is 5. The molecule has 3 aromatic heterocycles. The van der Waals surface area contributed by atoms with Crippen LogP contribution in [0.15, 0.2) is 72.8 Å². The Morgan fingerprint density at radius 1 is 0.849 bits per heavy atom. The molecule has 278 valence electrons. The van der Waals surface area contributed by atoms with Crippen LogP contribution in [-0.2, 0) is 10.2 Å². The van der Waals surface area contributed by atoms with E-state index in [9.17, 15) is 9.59 Å². The average molecular weight is 719 g/mol. The molecule has 1 saturated heterocycles. The fourth-order valence-electron chi connectivity index (χ4n) is 7.18. The van der Waals surface area contributed by atoms with Crippen LogP contribution in [0.1, 0.15) is 120 Å². The molecule has 53 heavy (non-hydrogen) atoms. The molecule has 1 unspecified atom stereocenters. The number of fused-ring (bicyclic) bond motifs is 2. The van der Waals surface area contributed by atoms with Crippen molar-refractivity contribution < 1.29 is 19.1 Å². The second kappa shape index (κ2) is 14.2. The number of nitrogens with zero attached hydrogens (tertiary/aromatic N) is 6. The SMILES string of the molecule is Cc1ccc(-n2nc(C(C)(C)C)cc2NC(=O)N[C@@H]2CC[C@H](Oc3cccc4nnc(C5CCCCN5C(=O)OC(C)(C)C)n34)c3ccccc32)cc1. The van der Waals surface area contributed by atoms with Gasteiger partial charge in [0, 0.05) is 18.0 Å². The minimum Gasteiger partial charge on any atom is -0.470 e. The summed E-state index contributed by atoms with van der Waals surface area (Å²) >= 11 is 0. The molecule has 3 amide bonds. The summed E-state index contributed by atoms with van der Waals surface area (Å²) in [5.74, 6) is 1.85. The molecule has 2 aliphatic rings. The highest BCUT2D eigenvalue weighted by molar-refractivity contribution is 5.89. The number of hydrogen-bond donors (Lipinski definition) is 2. The fraction of sp³-hybridized carbons (Fsp3) is 0.439. The topological polar surface area (TPSA) is 128 Å². The number of carbonyl (C=O) groups excluding carboxylic acids is 2. The van der Waals surface area contributed by atoms with Gasteiger partial charge in [-0.1, -0.05) is 68.8 Å². The number of benzene rings is 2. The Hall–Kier alpha value is -5.39. The van der Waals surface area contributed by atoms with Crippen molar-refractivity contribution in [2.45, 2.75) is 110 Å². The zero-order valence-corrected chi connectivity index (χ0v) is 31.7. The van der Waals surface area contributed by atoms with Gasteiger partial charge in [-0.15, -0.1) is 10.2 Å². The fourth-order valence-corrected chi connectivity index (χ4v) is 7.18. The van der Waals surface area contributed by atoms with Gasteiger partial charge >= 0.3 is 12.1 Å². The molecule has 2 aromatic carbocycles. The monoisotopic (exact) mass is 718 g/mol. The number of rotatable bonds is 6. The molecular weight excluding hydrogens is 669 g/mol. The Morgan fingerprint density at radius 2 is 1.60 bits per heavy atom. The van der Waals surface area contributed by atoms with Crippen molar-refractivity contribution in [1.29, 1.82) is 0 Å². The molecule has 12 heteroatoms. The predicted octanol–water partition coefficient (Wildman–Crippen LogP) is 8.76. The van der Waals surface area contributed by atoms with Crippen LogP contribution in [0.3, 0.4) is 0 Å². The Morgan fingerprint density at radius 3 is 2.34 bits per heavy atom. The first-order valence-electron chi connectivity index (χ1n) is 18.6. The molecule has 1 fully saturated rings. The number of ether oxygens (including phenoxy) is 2. The highest BCUT2D eigenvalue weighted by Gasteiger charge is 2.36. The Kier molecular flexibility index (Phi) is 9.65. The standard InChI is InChI=1S/C41H50N8O4/c1-26-18-20-27(21-19-26)49-35(25-33(46-49)40(2,3)4)43-38(50)42-30-22-23-32(29-14-9-8-13-28(29)30)52-36-17-12-16-34-44-45-37(48(34)36)31-15-10-11-24-47(31)39(51)53-41(5,6)7/h8-9,12-14,16-21,25,30-32H,10-11,15,22-24H2,1-7H3,(H2,42,43,50)/t30-,31?,32+/m1/s1. The summed E-state index contributed by atoms with van der Waals surface area (Å²) < 4.78 is 16.3. The van der Waals surface area contributed by atoms with Crippen molar-refractivity contribution in [3.63, 3.8) is 0 Å². The summed E-state index contributed by atoms with van der Waals surface area (Å²) in [5.41, 5.74) is 4.74. The largest absolute Gasteiger partial charge is 0.470 e. The van der Waals surface area contributed by atoms with Gasteiger partial charge in [-0.05, 0) is 95.2 Å². The van der Waals surface area contributed by atoms with E-state index in [-0.39, 0.29) is 35.7 Å². The van der Waals surface area contributed by atoms with Gasteiger partial charge in [0.1, 0.15) is 17.5 Å². The third-order valence-electron chi connectivity index (χ3n) is 9.85. The molecule has 12 nitrogen and oxygen atoms in total. The van der Waals surface area contributed by atoms with Crippen LogP contribution in [0.5, 0.6) is 5.88 Å². The van der Waals surface area contributed by atoms with E-state index in [1.807, 2.05) is 92.8 Å². The van der Waals surface area contributed by atoms with E-state index >= 15 is 0 Å². The average Bonchev–Trinajstić information content (AvgIpc) is 3.74. The minimum atomic E-state index is -0.609. The van der Waals surface area contributed by atoms with Crippen LogP contribution in [0.2, 0.25) is 0 Å². The number of likely N-dealkylation sites (tertiary alicyclic amines) is 1. The molecule has 3 atom stereocenters. The van der Waals surface area contributed by atoms with Crippen molar-refractivity contribution in [1.82, 2.24) is 34.6 Å². The van der Waals surface area contributed by atoms with Gasteiger partial charge in [0.05, 0.1) is 23.5 Å². The summed E-state index contributed by atoms with van der Waals surface area (Å²) in [6.45, 7) is 14.6. The van der Waals surface area contributed by atoms with E-state index in [1.54, 1.807) is 9.58 Å². The molecule has 0 saturated carbocycles. The number of aryl methyl sites for hydroxylation is 1. The first-order valence-corrected chi connectivity index (χ1v) is 18.6. The van der Waals surface area contributed by atoms with E-state index < -0.39 is 5.60 Å². The maximum atomic E-state index is 13.7. The molecule has 0 bridgehead atoms. The third kappa shape index (κ3) is 7.72. The van der Waals surface area contributed by atoms with Gasteiger partial charge in [-0.25, -0.2) is 18.7 Å². The first-order chi connectivity index (χ1) is 25.2. The van der Waals surface area contributed by atoms with Crippen molar-refractivity contribution in [2.75, 3.05) is 11.9 Å². The van der Waals surface area contributed by atoms with Crippen molar-refractivity contribution >= 4 is 23.6 Å². The highest BCUT2D eigenvalue weighted by atomic mass is 16.6. The number of piperidine rings is 1. The smallest absolute Gasteiger partial charge is 0.410 e. The first kappa shape index (κ1) is 36.0. The van der Waals surface area contributed by atoms with E-state index in [0.717, 1.165) is 47.3 Å². The lowest BCUT2D eigenvalue weighted by Crippen LogP contribution is -2.42. The molecule has 1 aliphatic heterocycles. The maximum absolute atomic E-state index is 13.7. The summed E-state index contributed by atoms with van der Waals surface area (Å²) in [7, 11) is 0. The molecule has 0 spiro atoms. The minimum absolute atomic E-state index is 0.202. The summed E-state index contributed by atoms with van der Waals surface area (Å²) in [6, 6.07) is 23.0. The second-order valence-corrected chi connectivity index (χ2v) is 16.2. The van der Waals surface area contributed by atoms with Crippen LogP contribution in [0, 0.1) is 6.92 Å². The van der Waals surface area contributed by atoms with Crippen LogP contribution in [0.4, 0.5) is 15.4 Å². The predicted molar refractivity (Wildman–Crippen MR) is 203 cm³/mol. The number of anilines is 1. The van der Waals surface area contributed by atoms with Crippen LogP contribution < -0.4 is 15.4 Å². The normalized spacial score (nSPS) is 19.1. The Bertz CT molecular complexity index is 2110. The van der Waals surface area contributed by atoms with Gasteiger partial charge in [0.25, 0.3) is 0 Å². The zero-order chi connectivity index (χ0) is 37.5. The van der Waals surface area contributed by atoms with Gasteiger partial charge in [0.2, 0.25) is 5.88 Å². The van der Waals surface area contributed by atoms with Gasteiger partial charge in [-0.2, -0.15) is 5.10 Å². The molecule has 7 rings (SSSR count). The third-order valence-corrected chi connectivity index (χ3v) is 9.85. The van der Waals surface area contributed by atoms with Crippen molar-refractivity contribution in [3.05, 3.63) is 101 Å². The van der Waals surface area contributed by atoms with E-state index in [1.165, 1.54) is 0 Å². The molecule has 5 aromatic rings. The second-order valence-electron chi connectivity index (χ2n) is 16.2. The van der Waals surface area contributed by atoms with Crippen LogP contribution in [-0.4, -0.2) is 53.5 Å². The van der Waals surface area contributed by atoms with E-state index in [0.29, 0.717) is 42.6 Å². The molecule has 0 radical (unpaired) electrons. The molecular formula is C41H50N8O4. The lowest BCUT2D eigenvalue weighted by atomic mass is 9.85. The zero-order valence-electron chi connectivity index (χ0n) is 31.7. The molecule has 1 aliphatic carbocycles. The molecule has 2 N–H and O–H groups in total. The van der Waals surface area contributed by atoms with Crippen molar-refractivity contribution in [3.8, 4) is 11.6 Å². The van der Waals surface area contributed by atoms with Crippen LogP contribution in [0.25, 0.3) is 11.3 Å². The highest BCUT2D eigenvalue weighted by Crippen LogP contribution is 2.40. The Balaban J connectivity index is 1.12. The number of hydrogen-bond acceptors (Lipinski definition) is 7.